The molecule has 0 aliphatic heterocycles. The number of halogens is 1. The molecular weight excluding hydrogens is 318 g/mol. The number of aryl methyl sites for hydroxylation is 1. The number of rotatable bonds is 3. The molecule has 1 aromatic heterocycles. The van der Waals surface area contributed by atoms with E-state index in [2.05, 4.69) is 34.1 Å². The number of benzene rings is 1. The van der Waals surface area contributed by atoms with Gasteiger partial charge in [0.05, 0.1) is 10.7 Å². The van der Waals surface area contributed by atoms with Crippen molar-refractivity contribution in [3.8, 4) is 0 Å². The average molecular weight is 336 g/mol. The van der Waals surface area contributed by atoms with E-state index in [1.165, 1.54) is 11.1 Å². The van der Waals surface area contributed by atoms with Crippen LogP contribution in [0, 0.1) is 5.41 Å². The number of hydrogen-bond acceptors (Lipinski definition) is 3. The van der Waals surface area contributed by atoms with Crippen molar-refractivity contribution in [2.24, 2.45) is 11.1 Å². The van der Waals surface area contributed by atoms with Crippen LogP contribution in [0.1, 0.15) is 29.4 Å². The van der Waals surface area contributed by atoms with Gasteiger partial charge in [-0.05, 0) is 52.4 Å². The minimum absolute atomic E-state index is 0.352. The Hall–Kier alpha value is -1.10. The molecule has 0 bridgehead atoms. The maximum Gasteiger partial charge on any atom is 0.147 e. The Morgan fingerprint density at radius 2 is 2.05 bits per heavy atom. The lowest BCUT2D eigenvalue weighted by atomic mass is 9.67. The first kappa shape index (κ1) is 13.9. The lowest BCUT2D eigenvalue weighted by molar-refractivity contribution is 0.00173. The Balaban J connectivity index is 1.96. The topological polar surface area (TPSA) is 59.4 Å². The number of hydrogen-bond donors (Lipinski definition) is 2. The summed E-state index contributed by atoms with van der Waals surface area (Å²) in [5, 5.41) is 10.8. The largest absolute Gasteiger partial charge is 0.465 e. The third-order valence-electron chi connectivity index (χ3n) is 4.43. The van der Waals surface area contributed by atoms with Gasteiger partial charge in [0.2, 0.25) is 0 Å². The second-order valence-corrected chi connectivity index (χ2v) is 6.40. The molecule has 106 valence electrons. The molecule has 0 saturated carbocycles. The molecule has 3 N–H and O–H groups in total. The van der Waals surface area contributed by atoms with Gasteiger partial charge in [0.15, 0.2) is 0 Å². The molecule has 0 radical (unpaired) electrons. The first-order chi connectivity index (χ1) is 9.66. The molecular formula is C16H18BrNO2. The molecule has 3 rings (SSSR count). The van der Waals surface area contributed by atoms with Crippen LogP contribution in [0.15, 0.2) is 45.5 Å². The van der Waals surface area contributed by atoms with Gasteiger partial charge in [-0.2, -0.15) is 0 Å². The third kappa shape index (κ3) is 2.22. The van der Waals surface area contributed by atoms with Crippen LogP contribution in [0.25, 0.3) is 0 Å². The SMILES string of the molecule is NCC1(C(O)c2occc2Br)CCc2ccccc2C1. The van der Waals surface area contributed by atoms with Gasteiger partial charge in [-0.1, -0.05) is 24.3 Å². The second kappa shape index (κ2) is 5.35. The second-order valence-electron chi connectivity index (χ2n) is 5.55. The Labute approximate surface area is 126 Å². The number of aliphatic hydroxyl groups excluding tert-OH is 1. The van der Waals surface area contributed by atoms with Crippen molar-refractivity contribution < 1.29 is 9.52 Å². The first-order valence-corrected chi connectivity index (χ1v) is 7.63. The summed E-state index contributed by atoms with van der Waals surface area (Å²) in [4.78, 5) is 0. The summed E-state index contributed by atoms with van der Waals surface area (Å²) in [6.07, 6.45) is 3.50. The average Bonchev–Trinajstić information content (AvgIpc) is 2.92. The third-order valence-corrected chi connectivity index (χ3v) is 5.09. The predicted octanol–water partition coefficient (Wildman–Crippen LogP) is 3.21. The van der Waals surface area contributed by atoms with Gasteiger partial charge in [-0.25, -0.2) is 0 Å². The van der Waals surface area contributed by atoms with Crippen molar-refractivity contribution in [1.82, 2.24) is 0 Å². The smallest absolute Gasteiger partial charge is 0.147 e. The lowest BCUT2D eigenvalue weighted by Crippen LogP contribution is -2.41. The summed E-state index contributed by atoms with van der Waals surface area (Å²) in [7, 11) is 0. The maximum atomic E-state index is 10.8. The minimum atomic E-state index is -0.690. The Morgan fingerprint density at radius 1 is 1.30 bits per heavy atom. The van der Waals surface area contributed by atoms with Crippen molar-refractivity contribution in [3.63, 3.8) is 0 Å². The quantitative estimate of drug-likeness (QED) is 0.905. The molecule has 0 spiro atoms. The molecule has 0 fully saturated rings. The van der Waals surface area contributed by atoms with Crippen LogP contribution >= 0.6 is 15.9 Å². The van der Waals surface area contributed by atoms with Crippen molar-refractivity contribution >= 4 is 15.9 Å². The Bertz CT molecular complexity index is 610. The van der Waals surface area contributed by atoms with Gasteiger partial charge in [0.25, 0.3) is 0 Å². The summed E-state index contributed by atoms with van der Waals surface area (Å²) < 4.78 is 6.24. The standard InChI is InChI=1S/C16H18BrNO2/c17-13-6-8-20-14(13)15(19)16(10-18)7-5-11-3-1-2-4-12(11)9-16/h1-4,6,8,15,19H,5,7,9-10,18H2. The summed E-state index contributed by atoms with van der Waals surface area (Å²) in [5.74, 6) is 0.579. The molecule has 1 heterocycles. The molecule has 1 aliphatic rings. The van der Waals surface area contributed by atoms with E-state index in [4.69, 9.17) is 10.2 Å². The summed E-state index contributed by atoms with van der Waals surface area (Å²) >= 11 is 3.42. The minimum Gasteiger partial charge on any atom is -0.465 e. The zero-order valence-electron chi connectivity index (χ0n) is 11.2. The zero-order chi connectivity index (χ0) is 14.2. The van der Waals surface area contributed by atoms with E-state index in [0.717, 1.165) is 23.7 Å². The van der Waals surface area contributed by atoms with E-state index in [9.17, 15) is 5.11 Å². The highest BCUT2D eigenvalue weighted by atomic mass is 79.9. The van der Waals surface area contributed by atoms with Crippen molar-refractivity contribution in [2.75, 3.05) is 6.54 Å². The molecule has 1 aliphatic carbocycles. The Morgan fingerprint density at radius 3 is 2.70 bits per heavy atom. The molecule has 3 nitrogen and oxygen atoms in total. The normalized spacial score (nSPS) is 23.4. The van der Waals surface area contributed by atoms with Gasteiger partial charge in [-0.3, -0.25) is 0 Å². The van der Waals surface area contributed by atoms with E-state index in [1.807, 2.05) is 6.07 Å². The highest BCUT2D eigenvalue weighted by molar-refractivity contribution is 9.10. The number of aliphatic hydroxyl groups is 1. The van der Waals surface area contributed by atoms with E-state index < -0.39 is 6.10 Å². The van der Waals surface area contributed by atoms with Crippen LogP contribution in [0.4, 0.5) is 0 Å². The maximum absolute atomic E-state index is 10.8. The molecule has 2 atom stereocenters. The monoisotopic (exact) mass is 335 g/mol. The fourth-order valence-corrected chi connectivity index (χ4v) is 3.54. The van der Waals surface area contributed by atoms with Crippen molar-refractivity contribution in [2.45, 2.75) is 25.4 Å². The molecule has 1 aromatic carbocycles. The van der Waals surface area contributed by atoms with E-state index >= 15 is 0 Å². The molecule has 2 unspecified atom stereocenters. The van der Waals surface area contributed by atoms with Crippen molar-refractivity contribution in [3.05, 3.63) is 58.0 Å². The van der Waals surface area contributed by atoms with Crippen molar-refractivity contribution in [1.29, 1.82) is 0 Å². The van der Waals surface area contributed by atoms with Crippen LogP contribution in [0.3, 0.4) is 0 Å². The molecule has 0 amide bonds. The number of fused-ring (bicyclic) bond motifs is 1. The molecule has 4 heteroatoms. The van der Waals surface area contributed by atoms with Gasteiger partial charge in [0, 0.05) is 12.0 Å². The van der Waals surface area contributed by atoms with E-state index in [1.54, 1.807) is 12.3 Å². The molecule has 20 heavy (non-hydrogen) atoms. The summed E-state index contributed by atoms with van der Waals surface area (Å²) in [6, 6.07) is 10.2. The van der Waals surface area contributed by atoms with Crippen LogP contribution in [0.2, 0.25) is 0 Å². The summed E-state index contributed by atoms with van der Waals surface area (Å²) in [6.45, 7) is 0.440. The van der Waals surface area contributed by atoms with Gasteiger partial charge in [-0.15, -0.1) is 0 Å². The van der Waals surface area contributed by atoms with Crippen LogP contribution < -0.4 is 5.73 Å². The summed E-state index contributed by atoms with van der Waals surface area (Å²) in [5.41, 5.74) is 8.33. The number of furan rings is 1. The fraction of sp³-hybridized carbons (Fsp3) is 0.375. The highest BCUT2D eigenvalue weighted by Gasteiger charge is 2.42. The Kier molecular flexibility index (Phi) is 3.71. The zero-order valence-corrected chi connectivity index (χ0v) is 12.8. The van der Waals surface area contributed by atoms with Gasteiger partial charge in [0.1, 0.15) is 11.9 Å². The van der Waals surface area contributed by atoms with Crippen LogP contribution in [-0.2, 0) is 12.8 Å². The van der Waals surface area contributed by atoms with Crippen LogP contribution in [0.5, 0.6) is 0 Å². The molecule has 0 saturated heterocycles. The fourth-order valence-electron chi connectivity index (χ4n) is 3.12. The predicted molar refractivity (Wildman–Crippen MR) is 81.3 cm³/mol. The van der Waals surface area contributed by atoms with Gasteiger partial charge >= 0.3 is 0 Å². The van der Waals surface area contributed by atoms with E-state index in [0.29, 0.717) is 12.3 Å². The number of nitrogens with two attached hydrogens (primary N) is 1. The van der Waals surface area contributed by atoms with E-state index in [-0.39, 0.29) is 5.41 Å². The van der Waals surface area contributed by atoms with Gasteiger partial charge < -0.3 is 15.3 Å². The highest BCUT2D eigenvalue weighted by Crippen LogP contribution is 2.45. The first-order valence-electron chi connectivity index (χ1n) is 6.84. The molecule has 2 aromatic rings. The lowest BCUT2D eigenvalue weighted by Gasteiger charge is -2.40. The van der Waals surface area contributed by atoms with Crippen LogP contribution in [-0.4, -0.2) is 11.7 Å².